The quantitative estimate of drug-likeness (QED) is 0.699. The highest BCUT2D eigenvalue weighted by atomic mass is 19.1. The van der Waals surface area contributed by atoms with E-state index in [0.717, 1.165) is 16.9 Å². The molecular weight excluding hydrogens is 289 g/mol. The van der Waals surface area contributed by atoms with Crippen molar-refractivity contribution < 1.29 is 9.13 Å². The van der Waals surface area contributed by atoms with Gasteiger partial charge in [0.15, 0.2) is 0 Å². The first-order valence-corrected chi connectivity index (χ1v) is 8.30. The second-order valence-corrected chi connectivity index (χ2v) is 6.06. The molecule has 2 aromatic rings. The van der Waals surface area contributed by atoms with Gasteiger partial charge in [0.05, 0.1) is 0 Å². The Kier molecular flexibility index (Phi) is 5.41. The number of nitrogens with zero attached hydrogens (tertiary/aromatic N) is 1. The van der Waals surface area contributed by atoms with E-state index in [2.05, 4.69) is 4.99 Å². The maximum atomic E-state index is 13.1. The summed E-state index contributed by atoms with van der Waals surface area (Å²) in [7, 11) is 0. The van der Waals surface area contributed by atoms with E-state index in [0.29, 0.717) is 12.6 Å². The lowest BCUT2D eigenvalue weighted by molar-refractivity contribution is 0.305. The lowest BCUT2D eigenvalue weighted by atomic mass is 9.96. The van der Waals surface area contributed by atoms with Crippen LogP contribution in [0, 0.1) is 5.82 Å². The Balaban J connectivity index is 1.53. The third-order valence-electron chi connectivity index (χ3n) is 4.18. The first kappa shape index (κ1) is 15.7. The summed E-state index contributed by atoms with van der Waals surface area (Å²) in [5.41, 5.74) is 1.92. The van der Waals surface area contributed by atoms with Crippen molar-refractivity contribution in [3.05, 3.63) is 65.5 Å². The molecule has 3 rings (SSSR count). The third-order valence-corrected chi connectivity index (χ3v) is 4.18. The molecule has 0 amide bonds. The van der Waals surface area contributed by atoms with Gasteiger partial charge in [-0.25, -0.2) is 4.39 Å². The van der Waals surface area contributed by atoms with Gasteiger partial charge in [0.25, 0.3) is 0 Å². The van der Waals surface area contributed by atoms with E-state index in [9.17, 15) is 4.39 Å². The Labute approximate surface area is 137 Å². The zero-order chi connectivity index (χ0) is 15.9. The molecule has 0 saturated heterocycles. The summed E-state index contributed by atoms with van der Waals surface area (Å²) >= 11 is 0. The van der Waals surface area contributed by atoms with Gasteiger partial charge in [-0.1, -0.05) is 31.4 Å². The molecule has 1 fully saturated rings. The summed E-state index contributed by atoms with van der Waals surface area (Å²) < 4.78 is 18.8. The van der Waals surface area contributed by atoms with Crippen LogP contribution in [-0.4, -0.2) is 12.3 Å². The number of hydrogen-bond acceptors (Lipinski definition) is 2. The van der Waals surface area contributed by atoms with Gasteiger partial charge in [0, 0.05) is 12.3 Å². The molecule has 0 aromatic heterocycles. The molecule has 23 heavy (non-hydrogen) atoms. The van der Waals surface area contributed by atoms with E-state index < -0.39 is 0 Å². The predicted octanol–water partition coefficient (Wildman–Crippen LogP) is 5.16. The van der Waals surface area contributed by atoms with Crippen molar-refractivity contribution in [1.29, 1.82) is 0 Å². The fraction of sp³-hybridized carbons (Fsp3) is 0.350. The normalized spacial score (nSPS) is 15.9. The van der Waals surface area contributed by atoms with Gasteiger partial charge >= 0.3 is 0 Å². The highest BCUT2D eigenvalue weighted by molar-refractivity contribution is 5.79. The van der Waals surface area contributed by atoms with E-state index in [-0.39, 0.29) is 5.82 Å². The SMILES string of the molecule is Fc1cccc(COc2ccc(C=NC3CCCCC3)cc2)c1. The molecule has 2 aromatic carbocycles. The Hall–Kier alpha value is -2.16. The van der Waals surface area contributed by atoms with Gasteiger partial charge in [-0.3, -0.25) is 4.99 Å². The number of hydrogen-bond donors (Lipinski definition) is 0. The van der Waals surface area contributed by atoms with Crippen LogP contribution in [-0.2, 0) is 6.61 Å². The Morgan fingerprint density at radius 2 is 1.83 bits per heavy atom. The molecule has 1 aliphatic rings. The molecule has 0 N–H and O–H groups in total. The molecule has 120 valence electrons. The van der Waals surface area contributed by atoms with Crippen molar-refractivity contribution in [2.24, 2.45) is 4.99 Å². The molecule has 0 atom stereocenters. The molecule has 0 bridgehead atoms. The van der Waals surface area contributed by atoms with Crippen LogP contribution in [0.1, 0.15) is 43.2 Å². The van der Waals surface area contributed by atoms with Crippen LogP contribution >= 0.6 is 0 Å². The summed E-state index contributed by atoms with van der Waals surface area (Å²) in [4.78, 5) is 4.68. The molecule has 2 nitrogen and oxygen atoms in total. The van der Waals surface area contributed by atoms with E-state index >= 15 is 0 Å². The first-order valence-electron chi connectivity index (χ1n) is 8.30. The summed E-state index contributed by atoms with van der Waals surface area (Å²) in [6.07, 6.45) is 8.34. The molecular formula is C20H22FNO. The molecule has 0 heterocycles. The van der Waals surface area contributed by atoms with Crippen LogP contribution in [0.3, 0.4) is 0 Å². The first-order chi connectivity index (χ1) is 11.3. The van der Waals surface area contributed by atoms with Crippen LogP contribution in [0.5, 0.6) is 5.75 Å². The van der Waals surface area contributed by atoms with Crippen LogP contribution in [0.15, 0.2) is 53.5 Å². The van der Waals surface area contributed by atoms with E-state index in [1.54, 1.807) is 6.07 Å². The highest BCUT2D eigenvalue weighted by Crippen LogP contribution is 2.20. The average molecular weight is 311 g/mol. The Bertz CT molecular complexity index is 645. The van der Waals surface area contributed by atoms with Gasteiger partial charge in [0.1, 0.15) is 18.2 Å². The van der Waals surface area contributed by atoms with Crippen molar-refractivity contribution in [1.82, 2.24) is 0 Å². The van der Waals surface area contributed by atoms with Gasteiger partial charge in [-0.15, -0.1) is 0 Å². The molecule has 3 heteroatoms. The van der Waals surface area contributed by atoms with Crippen LogP contribution in [0.2, 0.25) is 0 Å². The van der Waals surface area contributed by atoms with Crippen molar-refractivity contribution in [3.63, 3.8) is 0 Å². The van der Waals surface area contributed by atoms with Gasteiger partial charge in [-0.05, 0) is 60.4 Å². The minimum atomic E-state index is -0.236. The third kappa shape index (κ3) is 4.92. The average Bonchev–Trinajstić information content (AvgIpc) is 2.60. The number of aliphatic imine (C=N–C) groups is 1. The lowest BCUT2D eigenvalue weighted by Crippen LogP contribution is -2.09. The minimum Gasteiger partial charge on any atom is -0.489 e. The molecule has 0 unspecified atom stereocenters. The van der Waals surface area contributed by atoms with Crippen molar-refractivity contribution in [2.45, 2.75) is 44.8 Å². The maximum Gasteiger partial charge on any atom is 0.123 e. The van der Waals surface area contributed by atoms with Crippen LogP contribution in [0.4, 0.5) is 4.39 Å². The summed E-state index contributed by atoms with van der Waals surface area (Å²) in [6, 6.07) is 14.8. The van der Waals surface area contributed by atoms with Gasteiger partial charge in [-0.2, -0.15) is 0 Å². The zero-order valence-electron chi connectivity index (χ0n) is 13.2. The van der Waals surface area contributed by atoms with Crippen LogP contribution in [0.25, 0.3) is 0 Å². The second-order valence-electron chi connectivity index (χ2n) is 6.06. The highest BCUT2D eigenvalue weighted by Gasteiger charge is 2.10. The van der Waals surface area contributed by atoms with Crippen molar-refractivity contribution in [3.8, 4) is 5.75 Å². The molecule has 0 spiro atoms. The monoisotopic (exact) mass is 311 g/mol. The number of rotatable bonds is 5. The molecule has 1 aliphatic carbocycles. The minimum absolute atomic E-state index is 0.236. The largest absolute Gasteiger partial charge is 0.489 e. The van der Waals surface area contributed by atoms with Crippen molar-refractivity contribution in [2.75, 3.05) is 0 Å². The van der Waals surface area contributed by atoms with E-state index in [1.807, 2.05) is 36.5 Å². The van der Waals surface area contributed by atoms with Gasteiger partial charge < -0.3 is 4.74 Å². The molecule has 1 saturated carbocycles. The summed E-state index contributed by atoms with van der Waals surface area (Å²) in [6.45, 7) is 0.368. The smallest absolute Gasteiger partial charge is 0.123 e. The number of ether oxygens (including phenoxy) is 1. The van der Waals surface area contributed by atoms with E-state index in [4.69, 9.17) is 4.74 Å². The Morgan fingerprint density at radius 3 is 2.57 bits per heavy atom. The van der Waals surface area contributed by atoms with Crippen molar-refractivity contribution >= 4 is 6.21 Å². The molecule has 0 aliphatic heterocycles. The predicted molar refractivity (Wildman–Crippen MR) is 91.6 cm³/mol. The van der Waals surface area contributed by atoms with E-state index in [1.165, 1.54) is 44.2 Å². The standard InChI is InChI=1S/C20H22FNO/c21-18-6-4-5-17(13-18)15-23-20-11-9-16(10-12-20)14-22-19-7-2-1-3-8-19/h4-6,9-14,19H,1-3,7-8,15H2. The number of halogens is 1. The maximum absolute atomic E-state index is 13.1. The summed E-state index contributed by atoms with van der Waals surface area (Å²) in [5.74, 6) is 0.546. The van der Waals surface area contributed by atoms with Gasteiger partial charge in [0.2, 0.25) is 0 Å². The fourth-order valence-electron chi connectivity index (χ4n) is 2.87. The fourth-order valence-corrected chi connectivity index (χ4v) is 2.87. The van der Waals surface area contributed by atoms with Crippen LogP contribution < -0.4 is 4.74 Å². The number of benzene rings is 2. The zero-order valence-corrected chi connectivity index (χ0v) is 13.2. The molecule has 0 radical (unpaired) electrons. The second kappa shape index (κ2) is 7.91. The lowest BCUT2D eigenvalue weighted by Gasteiger charge is -2.17. The topological polar surface area (TPSA) is 21.6 Å². The Morgan fingerprint density at radius 1 is 1.04 bits per heavy atom. The summed E-state index contributed by atoms with van der Waals surface area (Å²) in [5, 5.41) is 0.